The number of benzene rings is 2. The Bertz CT molecular complexity index is 641. The van der Waals surface area contributed by atoms with Gasteiger partial charge in [0.05, 0.1) is 16.5 Å². The summed E-state index contributed by atoms with van der Waals surface area (Å²) < 4.78 is 19.0. The molecule has 0 saturated heterocycles. The molecular formula is C16H14BrCl2FO. The van der Waals surface area contributed by atoms with Gasteiger partial charge in [0.25, 0.3) is 0 Å². The molecule has 1 atom stereocenters. The van der Waals surface area contributed by atoms with Crippen LogP contribution in [0.1, 0.15) is 28.4 Å². The Morgan fingerprint density at radius 2 is 1.86 bits per heavy atom. The van der Waals surface area contributed by atoms with Crippen LogP contribution in [0.15, 0.2) is 30.3 Å². The molecule has 0 aliphatic carbocycles. The molecule has 0 heterocycles. The predicted octanol–water partition coefficient (Wildman–Crippen LogP) is 6.32. The van der Waals surface area contributed by atoms with Gasteiger partial charge in [-0.25, -0.2) is 4.39 Å². The molecule has 0 aliphatic heterocycles. The minimum Gasteiger partial charge on any atom is -0.492 e. The highest BCUT2D eigenvalue weighted by atomic mass is 79.9. The van der Waals surface area contributed by atoms with Crippen LogP contribution in [0.4, 0.5) is 4.39 Å². The number of hydrogen-bond donors (Lipinski definition) is 0. The standard InChI is InChI=1S/C16H14BrCl2FO/c1-3-21-15-8-13(18)12(7-14(15)19)16(17)10-4-9(2)5-11(20)6-10/h4-8,16H,3H2,1-2H3. The number of halogens is 4. The zero-order chi connectivity index (χ0) is 15.6. The van der Waals surface area contributed by atoms with Crippen molar-refractivity contribution in [3.63, 3.8) is 0 Å². The van der Waals surface area contributed by atoms with Crippen LogP contribution in [-0.4, -0.2) is 6.61 Å². The summed E-state index contributed by atoms with van der Waals surface area (Å²) in [7, 11) is 0. The normalized spacial score (nSPS) is 12.3. The second-order valence-corrected chi connectivity index (χ2v) is 6.39. The Kier molecular flexibility index (Phi) is 5.53. The topological polar surface area (TPSA) is 9.23 Å². The van der Waals surface area contributed by atoms with Crippen LogP contribution in [0.3, 0.4) is 0 Å². The molecule has 2 rings (SSSR count). The Hall–Kier alpha value is -0.770. The van der Waals surface area contributed by atoms with Gasteiger partial charge in [-0.1, -0.05) is 45.2 Å². The minimum absolute atomic E-state index is 0.243. The number of ether oxygens (including phenoxy) is 1. The first kappa shape index (κ1) is 16.6. The zero-order valence-corrected chi connectivity index (χ0v) is 14.7. The summed E-state index contributed by atoms with van der Waals surface area (Å²) in [5, 5.41) is 1.00. The number of hydrogen-bond acceptors (Lipinski definition) is 1. The first-order valence-electron chi connectivity index (χ1n) is 6.45. The molecular weight excluding hydrogens is 378 g/mol. The number of aryl methyl sites for hydroxylation is 1. The molecule has 0 N–H and O–H groups in total. The van der Waals surface area contributed by atoms with Crippen LogP contribution < -0.4 is 4.74 Å². The Morgan fingerprint density at radius 3 is 2.48 bits per heavy atom. The van der Waals surface area contributed by atoms with Gasteiger partial charge in [0, 0.05) is 11.1 Å². The van der Waals surface area contributed by atoms with Gasteiger partial charge < -0.3 is 4.74 Å². The lowest BCUT2D eigenvalue weighted by Crippen LogP contribution is -1.98. The van der Waals surface area contributed by atoms with Crippen molar-refractivity contribution in [3.8, 4) is 5.75 Å². The fraction of sp³-hybridized carbons (Fsp3) is 0.250. The molecule has 0 spiro atoms. The fourth-order valence-corrected chi connectivity index (χ4v) is 3.36. The molecule has 0 fully saturated rings. The second kappa shape index (κ2) is 6.99. The lowest BCUT2D eigenvalue weighted by Gasteiger charge is -2.16. The average Bonchev–Trinajstić information content (AvgIpc) is 2.41. The molecule has 5 heteroatoms. The zero-order valence-electron chi connectivity index (χ0n) is 11.6. The van der Waals surface area contributed by atoms with Gasteiger partial charge in [0.1, 0.15) is 11.6 Å². The molecule has 0 saturated carbocycles. The van der Waals surface area contributed by atoms with Gasteiger partial charge in [-0.05, 0) is 48.7 Å². The molecule has 2 aromatic carbocycles. The largest absolute Gasteiger partial charge is 0.492 e. The van der Waals surface area contributed by atoms with E-state index in [0.717, 1.165) is 16.7 Å². The van der Waals surface area contributed by atoms with Gasteiger partial charge in [-0.3, -0.25) is 0 Å². The van der Waals surface area contributed by atoms with E-state index in [1.165, 1.54) is 12.1 Å². The molecule has 2 aromatic rings. The van der Waals surface area contributed by atoms with Crippen molar-refractivity contribution in [1.29, 1.82) is 0 Å². The highest BCUT2D eigenvalue weighted by molar-refractivity contribution is 9.09. The van der Waals surface area contributed by atoms with E-state index in [1.807, 2.05) is 19.9 Å². The van der Waals surface area contributed by atoms with Crippen molar-refractivity contribution in [2.24, 2.45) is 0 Å². The van der Waals surface area contributed by atoms with Crippen LogP contribution >= 0.6 is 39.1 Å². The summed E-state index contributed by atoms with van der Waals surface area (Å²) in [4.78, 5) is -0.243. The maximum atomic E-state index is 13.5. The van der Waals surface area contributed by atoms with Crippen molar-refractivity contribution < 1.29 is 9.13 Å². The van der Waals surface area contributed by atoms with Gasteiger partial charge in [-0.15, -0.1) is 0 Å². The molecule has 0 amide bonds. The quantitative estimate of drug-likeness (QED) is 0.553. The second-order valence-electron chi connectivity index (χ2n) is 4.66. The van der Waals surface area contributed by atoms with Crippen molar-refractivity contribution in [2.45, 2.75) is 18.7 Å². The van der Waals surface area contributed by atoms with Crippen LogP contribution in [-0.2, 0) is 0 Å². The molecule has 0 bridgehead atoms. The minimum atomic E-state index is -0.275. The van der Waals surface area contributed by atoms with E-state index in [1.54, 1.807) is 12.1 Å². The van der Waals surface area contributed by atoms with Gasteiger partial charge in [0.2, 0.25) is 0 Å². The smallest absolute Gasteiger partial charge is 0.139 e. The molecule has 0 radical (unpaired) electrons. The van der Waals surface area contributed by atoms with E-state index in [-0.39, 0.29) is 10.6 Å². The van der Waals surface area contributed by atoms with Crippen molar-refractivity contribution >= 4 is 39.1 Å². The van der Waals surface area contributed by atoms with Gasteiger partial charge in [-0.2, -0.15) is 0 Å². The third kappa shape index (κ3) is 3.91. The first-order valence-corrected chi connectivity index (χ1v) is 8.12. The number of rotatable bonds is 4. The Morgan fingerprint density at radius 1 is 1.14 bits per heavy atom. The van der Waals surface area contributed by atoms with E-state index in [4.69, 9.17) is 27.9 Å². The van der Waals surface area contributed by atoms with E-state index < -0.39 is 0 Å². The first-order chi connectivity index (χ1) is 9.92. The summed E-state index contributed by atoms with van der Waals surface area (Å²) in [6.07, 6.45) is 0. The van der Waals surface area contributed by atoms with Crippen LogP contribution in [0, 0.1) is 12.7 Å². The van der Waals surface area contributed by atoms with Crippen molar-refractivity contribution in [3.05, 3.63) is 62.9 Å². The summed E-state index contributed by atoms with van der Waals surface area (Å²) in [6.45, 7) is 4.23. The summed E-state index contributed by atoms with van der Waals surface area (Å²) in [6, 6.07) is 8.30. The summed E-state index contributed by atoms with van der Waals surface area (Å²) in [5.74, 6) is 0.269. The molecule has 1 nitrogen and oxygen atoms in total. The monoisotopic (exact) mass is 390 g/mol. The molecule has 0 aromatic heterocycles. The Balaban J connectivity index is 2.43. The summed E-state index contributed by atoms with van der Waals surface area (Å²) in [5.41, 5.74) is 2.41. The van der Waals surface area contributed by atoms with Crippen LogP contribution in [0.2, 0.25) is 10.0 Å². The lowest BCUT2D eigenvalue weighted by molar-refractivity contribution is 0.340. The highest BCUT2D eigenvalue weighted by Gasteiger charge is 2.18. The van der Waals surface area contributed by atoms with Crippen molar-refractivity contribution in [2.75, 3.05) is 6.61 Å². The molecule has 112 valence electrons. The fourth-order valence-electron chi connectivity index (χ4n) is 2.09. The third-order valence-corrected chi connectivity index (χ3v) is 4.63. The predicted molar refractivity (Wildman–Crippen MR) is 89.5 cm³/mol. The van der Waals surface area contributed by atoms with Gasteiger partial charge >= 0.3 is 0 Å². The van der Waals surface area contributed by atoms with Crippen LogP contribution in [0.5, 0.6) is 5.75 Å². The molecule has 1 unspecified atom stereocenters. The van der Waals surface area contributed by atoms with Crippen molar-refractivity contribution in [1.82, 2.24) is 0 Å². The molecule has 0 aliphatic rings. The SMILES string of the molecule is CCOc1cc(Cl)c(C(Br)c2cc(C)cc(F)c2)cc1Cl. The average molecular weight is 392 g/mol. The van der Waals surface area contributed by atoms with E-state index >= 15 is 0 Å². The van der Waals surface area contributed by atoms with E-state index in [9.17, 15) is 4.39 Å². The maximum Gasteiger partial charge on any atom is 0.139 e. The van der Waals surface area contributed by atoms with E-state index in [2.05, 4.69) is 15.9 Å². The Labute approximate surface area is 142 Å². The maximum absolute atomic E-state index is 13.5. The van der Waals surface area contributed by atoms with E-state index in [0.29, 0.717) is 22.4 Å². The lowest BCUT2D eigenvalue weighted by atomic mass is 10.0. The molecule has 21 heavy (non-hydrogen) atoms. The highest BCUT2D eigenvalue weighted by Crippen LogP contribution is 2.40. The third-order valence-electron chi connectivity index (χ3n) is 2.98. The van der Waals surface area contributed by atoms with Gasteiger partial charge in [0.15, 0.2) is 0 Å². The number of alkyl halides is 1. The summed E-state index contributed by atoms with van der Waals surface area (Å²) >= 11 is 16.1. The van der Waals surface area contributed by atoms with Crippen LogP contribution in [0.25, 0.3) is 0 Å².